The van der Waals surface area contributed by atoms with E-state index in [9.17, 15) is 14.0 Å². The first-order valence-corrected chi connectivity index (χ1v) is 14.4. The van der Waals surface area contributed by atoms with E-state index in [2.05, 4.69) is 4.99 Å². The number of amides is 2. The molecule has 1 fully saturated rings. The molecule has 10 heteroatoms. The fourth-order valence-electron chi connectivity index (χ4n) is 4.94. The quantitative estimate of drug-likeness (QED) is 0.292. The summed E-state index contributed by atoms with van der Waals surface area (Å²) >= 11 is 1.33. The number of nitrogens with zero attached hydrogens (tertiary/aromatic N) is 4. The molecule has 6 rings (SSSR count). The summed E-state index contributed by atoms with van der Waals surface area (Å²) in [5.41, 5.74) is 9.47. The highest BCUT2D eigenvalue weighted by Gasteiger charge is 2.31. The van der Waals surface area contributed by atoms with Crippen molar-refractivity contribution in [2.75, 3.05) is 13.1 Å². The Labute approximate surface area is 246 Å². The van der Waals surface area contributed by atoms with Gasteiger partial charge in [-0.15, -0.1) is 0 Å². The monoisotopic (exact) mass is 581 g/mol. The van der Waals surface area contributed by atoms with Gasteiger partial charge in [0, 0.05) is 36.3 Å². The van der Waals surface area contributed by atoms with Crippen LogP contribution in [0.5, 0.6) is 5.75 Å². The number of hydrogen-bond acceptors (Lipinski definition) is 6. The van der Waals surface area contributed by atoms with Gasteiger partial charge in [-0.25, -0.2) is 9.07 Å². The molecular formula is C32H28FN5O3S. The fraction of sp³-hybridized carbons (Fsp3) is 0.188. The Kier molecular flexibility index (Phi) is 7.87. The number of primary amides is 1. The summed E-state index contributed by atoms with van der Waals surface area (Å²) in [5, 5.41) is 5.52. The molecule has 212 valence electrons. The number of carbonyl (C=O) groups excluding carboxylic acids is 2. The minimum absolute atomic E-state index is 0.138. The number of amidine groups is 1. The highest BCUT2D eigenvalue weighted by molar-refractivity contribution is 8.18. The minimum atomic E-state index is -0.304. The number of halogens is 1. The molecule has 0 spiro atoms. The lowest BCUT2D eigenvalue weighted by atomic mass is 9.97. The Morgan fingerprint density at radius 1 is 1.05 bits per heavy atom. The minimum Gasteiger partial charge on any atom is -0.489 e. The molecule has 3 heterocycles. The second-order valence-electron chi connectivity index (χ2n) is 10.1. The Morgan fingerprint density at radius 3 is 2.55 bits per heavy atom. The standard InChI is InChI=1S/C32H28FN5O3S/c33-25-11-9-21(10-12-25)20-41-27-8-4-5-23(17-27)29-24(19-38(36-29)26-6-2-1-3-7-26)18-28-31(40)35-32(42-28)37-15-13-22(14-16-37)30(34)39/h1-12,17-19,22H,13-16,20H2,(H2,34,39). The van der Waals surface area contributed by atoms with Crippen LogP contribution in [0, 0.1) is 11.7 Å². The number of nitrogens with two attached hydrogens (primary N) is 1. The zero-order valence-electron chi connectivity index (χ0n) is 22.7. The Bertz CT molecular complexity index is 1680. The summed E-state index contributed by atoms with van der Waals surface area (Å²) in [6.45, 7) is 1.55. The first kappa shape index (κ1) is 27.5. The van der Waals surface area contributed by atoms with Gasteiger partial charge < -0.3 is 15.4 Å². The number of carbonyl (C=O) groups is 2. The number of aliphatic imine (C=N–C) groups is 1. The summed E-state index contributed by atoms with van der Waals surface area (Å²) in [6.07, 6.45) is 5.02. The van der Waals surface area contributed by atoms with Crippen molar-refractivity contribution in [1.29, 1.82) is 0 Å². The summed E-state index contributed by atoms with van der Waals surface area (Å²) < 4.78 is 21.1. The van der Waals surface area contributed by atoms with Crippen molar-refractivity contribution >= 4 is 34.8 Å². The molecule has 0 unspecified atom stereocenters. The van der Waals surface area contributed by atoms with E-state index in [-0.39, 0.29) is 23.5 Å². The predicted molar refractivity (Wildman–Crippen MR) is 161 cm³/mol. The van der Waals surface area contributed by atoms with Crippen molar-refractivity contribution in [2.24, 2.45) is 16.6 Å². The predicted octanol–water partition coefficient (Wildman–Crippen LogP) is 5.43. The molecule has 0 bridgehead atoms. The topological polar surface area (TPSA) is 103 Å². The average Bonchev–Trinajstić information content (AvgIpc) is 3.61. The number of likely N-dealkylation sites (tertiary alicyclic amines) is 1. The lowest BCUT2D eigenvalue weighted by Gasteiger charge is -2.31. The number of ether oxygens (including phenoxy) is 1. The Hall–Kier alpha value is -4.70. The van der Waals surface area contributed by atoms with E-state index in [1.165, 1.54) is 23.9 Å². The lowest BCUT2D eigenvalue weighted by Crippen LogP contribution is -2.40. The summed E-state index contributed by atoms with van der Waals surface area (Å²) in [4.78, 5) is 31.4. The van der Waals surface area contributed by atoms with Crippen LogP contribution in [-0.4, -0.2) is 44.8 Å². The summed E-state index contributed by atoms with van der Waals surface area (Å²) in [7, 11) is 0. The molecule has 3 aromatic carbocycles. The highest BCUT2D eigenvalue weighted by atomic mass is 32.2. The second-order valence-corrected chi connectivity index (χ2v) is 11.1. The van der Waals surface area contributed by atoms with Crippen molar-refractivity contribution in [3.05, 3.63) is 107 Å². The lowest BCUT2D eigenvalue weighted by molar-refractivity contribution is -0.123. The highest BCUT2D eigenvalue weighted by Crippen LogP contribution is 2.35. The van der Waals surface area contributed by atoms with E-state index >= 15 is 0 Å². The van der Waals surface area contributed by atoms with Crippen molar-refractivity contribution in [3.63, 3.8) is 0 Å². The van der Waals surface area contributed by atoms with Gasteiger partial charge in [0.2, 0.25) is 5.91 Å². The third kappa shape index (κ3) is 6.13. The first-order chi connectivity index (χ1) is 20.4. The van der Waals surface area contributed by atoms with Crippen LogP contribution in [0.3, 0.4) is 0 Å². The maximum Gasteiger partial charge on any atom is 0.286 e. The number of piperidine rings is 1. The number of aromatic nitrogens is 2. The van der Waals surface area contributed by atoms with Gasteiger partial charge in [0.15, 0.2) is 5.17 Å². The number of thioether (sulfide) groups is 1. The zero-order valence-corrected chi connectivity index (χ0v) is 23.5. The van der Waals surface area contributed by atoms with E-state index < -0.39 is 0 Å². The van der Waals surface area contributed by atoms with Crippen LogP contribution < -0.4 is 10.5 Å². The normalized spacial score (nSPS) is 16.6. The molecule has 8 nitrogen and oxygen atoms in total. The smallest absolute Gasteiger partial charge is 0.286 e. The molecule has 2 aliphatic heterocycles. The van der Waals surface area contributed by atoms with Crippen LogP contribution in [0.15, 0.2) is 95.0 Å². The first-order valence-electron chi connectivity index (χ1n) is 13.6. The number of hydrogen-bond donors (Lipinski definition) is 1. The number of para-hydroxylation sites is 1. The van der Waals surface area contributed by atoms with Gasteiger partial charge in [-0.3, -0.25) is 9.59 Å². The fourth-order valence-corrected chi connectivity index (χ4v) is 5.90. The SMILES string of the molecule is NC(=O)C1CCN(C2=NC(=O)C(=Cc3cn(-c4ccccc4)nc3-c3cccc(OCc4ccc(F)cc4)c3)S2)CC1. The van der Waals surface area contributed by atoms with Crippen LogP contribution in [0.1, 0.15) is 24.0 Å². The Balaban J connectivity index is 1.27. The van der Waals surface area contributed by atoms with Crippen molar-refractivity contribution in [2.45, 2.75) is 19.4 Å². The Morgan fingerprint density at radius 2 is 1.81 bits per heavy atom. The van der Waals surface area contributed by atoms with Gasteiger partial charge in [0.05, 0.1) is 10.6 Å². The maximum atomic E-state index is 13.3. The van der Waals surface area contributed by atoms with Crippen molar-refractivity contribution in [3.8, 4) is 22.7 Å². The molecule has 0 saturated carbocycles. The van der Waals surface area contributed by atoms with E-state index in [1.54, 1.807) is 16.8 Å². The molecule has 42 heavy (non-hydrogen) atoms. The third-order valence-electron chi connectivity index (χ3n) is 7.25. The van der Waals surface area contributed by atoms with E-state index in [1.807, 2.05) is 71.8 Å². The number of rotatable bonds is 7. The molecule has 2 aliphatic rings. The molecule has 0 aliphatic carbocycles. The van der Waals surface area contributed by atoms with Crippen LogP contribution in [0.2, 0.25) is 0 Å². The molecule has 0 radical (unpaired) electrons. The van der Waals surface area contributed by atoms with Crippen molar-refractivity contribution < 1.29 is 18.7 Å². The van der Waals surface area contributed by atoms with Gasteiger partial charge >= 0.3 is 0 Å². The molecule has 2 N–H and O–H groups in total. The molecule has 2 amide bonds. The van der Waals surface area contributed by atoms with E-state index in [0.717, 1.165) is 22.4 Å². The van der Waals surface area contributed by atoms with Gasteiger partial charge in [0.1, 0.15) is 23.9 Å². The third-order valence-corrected chi connectivity index (χ3v) is 8.30. The second kappa shape index (κ2) is 12.0. The largest absolute Gasteiger partial charge is 0.489 e. The summed E-state index contributed by atoms with van der Waals surface area (Å²) in [5.74, 6) is -0.371. The van der Waals surface area contributed by atoms with Crippen LogP contribution in [-0.2, 0) is 16.2 Å². The molecule has 1 aromatic heterocycles. The molecular weight excluding hydrogens is 553 g/mol. The number of benzene rings is 3. The van der Waals surface area contributed by atoms with Gasteiger partial charge in [0.25, 0.3) is 5.91 Å². The van der Waals surface area contributed by atoms with E-state index in [0.29, 0.717) is 54.1 Å². The van der Waals surface area contributed by atoms with Gasteiger partial charge in [-0.1, -0.05) is 42.5 Å². The average molecular weight is 582 g/mol. The van der Waals surface area contributed by atoms with Gasteiger partial charge in [-0.2, -0.15) is 10.1 Å². The van der Waals surface area contributed by atoms with Crippen molar-refractivity contribution in [1.82, 2.24) is 14.7 Å². The maximum absolute atomic E-state index is 13.3. The van der Waals surface area contributed by atoms with Gasteiger partial charge in [-0.05, 0) is 72.6 Å². The van der Waals surface area contributed by atoms with Crippen LogP contribution in [0.4, 0.5) is 4.39 Å². The molecule has 4 aromatic rings. The molecule has 0 atom stereocenters. The van der Waals surface area contributed by atoms with Crippen LogP contribution >= 0.6 is 11.8 Å². The zero-order chi connectivity index (χ0) is 29.1. The summed E-state index contributed by atoms with van der Waals surface area (Å²) in [6, 6.07) is 23.5. The van der Waals surface area contributed by atoms with E-state index in [4.69, 9.17) is 15.6 Å². The van der Waals surface area contributed by atoms with Crippen LogP contribution in [0.25, 0.3) is 23.0 Å². The molecule has 1 saturated heterocycles.